The van der Waals surface area contributed by atoms with Crippen molar-refractivity contribution in [1.82, 2.24) is 4.90 Å². The van der Waals surface area contributed by atoms with Crippen molar-refractivity contribution >= 4 is 34.8 Å². The first kappa shape index (κ1) is 19.0. The number of hydrogen-bond donors (Lipinski definition) is 1. The van der Waals surface area contributed by atoms with Gasteiger partial charge in [-0.2, -0.15) is 0 Å². The molecular formula is C24H24Cl2N2O. The van der Waals surface area contributed by atoms with Gasteiger partial charge < -0.3 is 10.2 Å². The van der Waals surface area contributed by atoms with Crippen LogP contribution in [-0.2, 0) is 0 Å². The number of rotatable bonds is 2. The molecule has 0 bridgehead atoms. The van der Waals surface area contributed by atoms with Crippen LogP contribution in [0.2, 0.25) is 10.0 Å². The van der Waals surface area contributed by atoms with E-state index >= 15 is 0 Å². The minimum absolute atomic E-state index is 0.121. The minimum Gasteiger partial charge on any atom is -0.378 e. The zero-order valence-corrected chi connectivity index (χ0v) is 17.7. The van der Waals surface area contributed by atoms with Gasteiger partial charge in [0, 0.05) is 40.3 Å². The smallest absolute Gasteiger partial charge is 0.253 e. The van der Waals surface area contributed by atoms with Crippen molar-refractivity contribution < 1.29 is 4.79 Å². The third kappa shape index (κ3) is 3.45. The van der Waals surface area contributed by atoms with Crippen molar-refractivity contribution in [3.05, 3.63) is 75.3 Å². The highest BCUT2D eigenvalue weighted by Crippen LogP contribution is 2.51. The van der Waals surface area contributed by atoms with Crippen LogP contribution in [-0.4, -0.2) is 23.9 Å². The van der Waals surface area contributed by atoms with E-state index in [9.17, 15) is 4.79 Å². The molecule has 3 nitrogen and oxygen atoms in total. The molecule has 2 heterocycles. The van der Waals surface area contributed by atoms with Crippen molar-refractivity contribution in [2.75, 3.05) is 18.4 Å². The molecule has 1 amide bonds. The first-order valence-corrected chi connectivity index (χ1v) is 11.2. The lowest BCUT2D eigenvalue weighted by Crippen LogP contribution is -2.36. The third-order valence-electron chi connectivity index (χ3n) is 6.55. The summed E-state index contributed by atoms with van der Waals surface area (Å²) in [5.41, 5.74) is 4.18. The van der Waals surface area contributed by atoms with E-state index in [0.717, 1.165) is 49.2 Å². The highest BCUT2D eigenvalue weighted by Gasteiger charge is 2.39. The quantitative estimate of drug-likeness (QED) is 0.559. The van der Waals surface area contributed by atoms with Gasteiger partial charge >= 0.3 is 0 Å². The number of amides is 1. The number of allylic oxidation sites excluding steroid dienone is 2. The Morgan fingerprint density at radius 1 is 1.00 bits per heavy atom. The van der Waals surface area contributed by atoms with Crippen LogP contribution in [0.15, 0.2) is 48.6 Å². The fourth-order valence-corrected chi connectivity index (χ4v) is 5.59. The number of benzene rings is 2. The molecular weight excluding hydrogens is 403 g/mol. The number of likely N-dealkylation sites (tertiary alicyclic amines) is 1. The van der Waals surface area contributed by atoms with E-state index in [1.807, 2.05) is 29.2 Å². The molecule has 3 aliphatic rings. The van der Waals surface area contributed by atoms with Crippen LogP contribution < -0.4 is 5.32 Å². The zero-order valence-electron chi connectivity index (χ0n) is 16.2. The molecule has 1 saturated heterocycles. The predicted octanol–water partition coefficient (Wildman–Crippen LogP) is 6.45. The maximum atomic E-state index is 13.0. The summed E-state index contributed by atoms with van der Waals surface area (Å²) in [5.74, 6) is 0.826. The maximum Gasteiger partial charge on any atom is 0.253 e. The molecule has 2 aromatic carbocycles. The summed E-state index contributed by atoms with van der Waals surface area (Å²) < 4.78 is 0. The van der Waals surface area contributed by atoms with Crippen LogP contribution in [0.1, 0.15) is 59.1 Å². The summed E-state index contributed by atoms with van der Waals surface area (Å²) in [6, 6.07) is 12.0. The highest BCUT2D eigenvalue weighted by molar-refractivity contribution is 6.35. The van der Waals surface area contributed by atoms with Gasteiger partial charge in [0.1, 0.15) is 0 Å². The number of nitrogens with one attached hydrogen (secondary N) is 1. The first-order valence-electron chi connectivity index (χ1n) is 10.4. The van der Waals surface area contributed by atoms with E-state index < -0.39 is 0 Å². The van der Waals surface area contributed by atoms with Crippen molar-refractivity contribution in [1.29, 1.82) is 0 Å². The average molecular weight is 427 g/mol. The predicted molar refractivity (Wildman–Crippen MR) is 119 cm³/mol. The summed E-state index contributed by atoms with van der Waals surface area (Å²) in [7, 11) is 0. The number of anilines is 1. The van der Waals surface area contributed by atoms with Crippen LogP contribution in [0.3, 0.4) is 0 Å². The Morgan fingerprint density at radius 2 is 1.83 bits per heavy atom. The molecule has 0 saturated carbocycles. The van der Waals surface area contributed by atoms with Gasteiger partial charge in [-0.3, -0.25) is 4.79 Å². The Balaban J connectivity index is 1.48. The second-order valence-corrected chi connectivity index (χ2v) is 9.14. The lowest BCUT2D eigenvalue weighted by molar-refractivity contribution is 0.0724. The van der Waals surface area contributed by atoms with E-state index in [2.05, 4.69) is 29.6 Å². The normalized spacial score (nSPS) is 25.3. The van der Waals surface area contributed by atoms with Gasteiger partial charge in [0.05, 0.1) is 6.04 Å². The summed E-state index contributed by atoms with van der Waals surface area (Å²) in [6.07, 6.45) is 8.97. The minimum atomic E-state index is 0.121. The number of halogens is 2. The number of nitrogens with zero attached hydrogens (tertiary/aromatic N) is 1. The van der Waals surface area contributed by atoms with E-state index in [0.29, 0.717) is 16.0 Å². The number of piperidine rings is 1. The van der Waals surface area contributed by atoms with E-state index in [-0.39, 0.29) is 17.9 Å². The number of carbonyl (C=O) groups excluding carboxylic acids is 1. The molecule has 0 aromatic heterocycles. The molecule has 1 fully saturated rings. The molecule has 1 aliphatic carbocycles. The maximum absolute atomic E-state index is 13.0. The van der Waals surface area contributed by atoms with E-state index in [1.54, 1.807) is 0 Å². The van der Waals surface area contributed by atoms with Crippen molar-refractivity contribution in [3.8, 4) is 0 Å². The fourth-order valence-electron chi connectivity index (χ4n) is 5.07. The molecule has 0 spiro atoms. The van der Waals surface area contributed by atoms with E-state index in [4.69, 9.17) is 23.2 Å². The average Bonchev–Trinajstić information content (AvgIpc) is 3.23. The summed E-state index contributed by atoms with van der Waals surface area (Å²) >= 11 is 12.6. The number of carbonyl (C=O) groups is 1. The van der Waals surface area contributed by atoms with Crippen molar-refractivity contribution in [2.24, 2.45) is 5.92 Å². The van der Waals surface area contributed by atoms with Crippen molar-refractivity contribution in [2.45, 2.75) is 37.6 Å². The van der Waals surface area contributed by atoms with Gasteiger partial charge in [-0.15, -0.1) is 0 Å². The lowest BCUT2D eigenvalue weighted by atomic mass is 9.76. The van der Waals surface area contributed by atoms with Crippen LogP contribution in [0.4, 0.5) is 5.69 Å². The zero-order chi connectivity index (χ0) is 20.0. The van der Waals surface area contributed by atoms with Gasteiger partial charge in [0.2, 0.25) is 0 Å². The Bertz CT molecular complexity index is 981. The standard InChI is InChI=1S/C24H24Cl2N2O/c25-16-8-9-19(21(26)14-16)23-18-6-4-5-17(18)20-13-15(7-10-22(20)27-23)24(29)28-11-2-1-3-12-28/h4-5,7-10,13-14,17-18,23,27H,1-3,6,11-12H2/t17-,18+,23+/m0/s1. The second kappa shape index (κ2) is 7.70. The molecule has 2 aliphatic heterocycles. The summed E-state index contributed by atoms with van der Waals surface area (Å²) in [4.78, 5) is 15.0. The van der Waals surface area contributed by atoms with Gasteiger partial charge in [-0.25, -0.2) is 0 Å². The highest BCUT2D eigenvalue weighted by atomic mass is 35.5. The monoisotopic (exact) mass is 426 g/mol. The third-order valence-corrected chi connectivity index (χ3v) is 7.11. The number of hydrogen-bond acceptors (Lipinski definition) is 2. The molecule has 5 heteroatoms. The fraction of sp³-hybridized carbons (Fsp3) is 0.375. The SMILES string of the molecule is O=C(c1ccc2c(c1)[C@H]1C=CC[C@H]1[C@H](c1ccc(Cl)cc1Cl)N2)N1CCCCC1. The Morgan fingerprint density at radius 3 is 2.62 bits per heavy atom. The molecule has 0 radical (unpaired) electrons. The van der Waals surface area contributed by atoms with Crippen LogP contribution in [0, 0.1) is 5.92 Å². The Hall–Kier alpha value is -1.97. The molecule has 3 atom stereocenters. The molecule has 2 aromatic rings. The van der Waals surface area contributed by atoms with Gasteiger partial charge in [-0.05, 0) is 73.1 Å². The molecule has 5 rings (SSSR count). The van der Waals surface area contributed by atoms with Crippen molar-refractivity contribution in [3.63, 3.8) is 0 Å². The Labute approximate surface area is 181 Å². The summed E-state index contributed by atoms with van der Waals surface area (Å²) in [6.45, 7) is 1.74. The second-order valence-electron chi connectivity index (χ2n) is 8.30. The molecule has 0 unspecified atom stereocenters. The Kier molecular flexibility index (Phi) is 5.05. The van der Waals surface area contributed by atoms with Gasteiger partial charge in [-0.1, -0.05) is 41.4 Å². The van der Waals surface area contributed by atoms with Gasteiger partial charge in [0.15, 0.2) is 0 Å². The molecule has 29 heavy (non-hydrogen) atoms. The lowest BCUT2D eigenvalue weighted by Gasteiger charge is -2.38. The van der Waals surface area contributed by atoms with Crippen LogP contribution in [0.25, 0.3) is 0 Å². The van der Waals surface area contributed by atoms with E-state index in [1.165, 1.54) is 12.0 Å². The van der Waals surface area contributed by atoms with Crippen LogP contribution in [0.5, 0.6) is 0 Å². The summed E-state index contributed by atoms with van der Waals surface area (Å²) in [5, 5.41) is 5.04. The molecule has 150 valence electrons. The van der Waals surface area contributed by atoms with Gasteiger partial charge in [0.25, 0.3) is 5.91 Å². The molecule has 1 N–H and O–H groups in total. The van der Waals surface area contributed by atoms with Crippen LogP contribution >= 0.6 is 23.2 Å². The number of fused-ring (bicyclic) bond motifs is 3. The first-order chi connectivity index (χ1) is 14.1. The largest absolute Gasteiger partial charge is 0.378 e. The topological polar surface area (TPSA) is 32.3 Å².